The lowest BCUT2D eigenvalue weighted by atomic mass is 9.95. The molecular weight excluding hydrogens is 471 g/mol. The van der Waals surface area contributed by atoms with E-state index in [9.17, 15) is 9.59 Å². The van der Waals surface area contributed by atoms with Crippen LogP contribution in [0, 0.1) is 0 Å². The summed E-state index contributed by atoms with van der Waals surface area (Å²) < 4.78 is 5.34. The Balaban J connectivity index is 1.59. The molecule has 1 N–H and O–H groups in total. The average molecular weight is 492 g/mol. The number of carbonyl (C=O) groups excluding carboxylic acids is 2. The Morgan fingerprint density at radius 1 is 1.00 bits per heavy atom. The van der Waals surface area contributed by atoms with E-state index >= 15 is 0 Å². The summed E-state index contributed by atoms with van der Waals surface area (Å²) in [6.07, 6.45) is 5.33. The molecule has 166 valence electrons. The molecule has 8 heteroatoms. The Labute approximate surface area is 201 Å². The number of pyridine rings is 1. The van der Waals surface area contributed by atoms with Crippen molar-refractivity contribution in [2.45, 2.75) is 38.1 Å². The summed E-state index contributed by atoms with van der Waals surface area (Å²) in [6.45, 7) is -0.338. The van der Waals surface area contributed by atoms with Crippen LogP contribution in [0.15, 0.2) is 42.5 Å². The summed E-state index contributed by atoms with van der Waals surface area (Å²) in [4.78, 5) is 29.8. The number of nitrogens with zero attached hydrogens (tertiary/aromatic N) is 1. The molecule has 0 bridgehead atoms. The van der Waals surface area contributed by atoms with Gasteiger partial charge in [-0.2, -0.15) is 0 Å². The molecule has 1 aliphatic rings. The second kappa shape index (κ2) is 10.1. The lowest BCUT2D eigenvalue weighted by molar-refractivity contribution is -0.125. The Hall–Kier alpha value is -2.34. The molecule has 32 heavy (non-hydrogen) atoms. The van der Waals surface area contributed by atoms with Crippen LogP contribution in [0.1, 0.15) is 42.5 Å². The predicted octanol–water partition coefficient (Wildman–Crippen LogP) is 6.47. The number of hydrogen-bond acceptors (Lipinski definition) is 4. The molecule has 5 nitrogen and oxygen atoms in total. The van der Waals surface area contributed by atoms with Crippen molar-refractivity contribution in [3.05, 3.63) is 63.1 Å². The van der Waals surface area contributed by atoms with Crippen molar-refractivity contribution in [1.29, 1.82) is 0 Å². The molecule has 3 aromatic rings. The van der Waals surface area contributed by atoms with Crippen LogP contribution < -0.4 is 5.32 Å². The first-order valence-electron chi connectivity index (χ1n) is 10.4. The Morgan fingerprint density at radius 3 is 2.53 bits per heavy atom. The van der Waals surface area contributed by atoms with Gasteiger partial charge in [0.05, 0.1) is 31.8 Å². The fraction of sp³-hybridized carbons (Fsp3) is 0.292. The van der Waals surface area contributed by atoms with Gasteiger partial charge >= 0.3 is 5.97 Å². The SMILES string of the molecule is O=C(COC(=O)c1cc(-c2ccc(Cl)c(Cl)c2Cl)nc2ccccc12)NC1CCCCC1. The molecule has 0 saturated heterocycles. The third kappa shape index (κ3) is 5.01. The number of hydrogen-bond donors (Lipinski definition) is 1. The number of rotatable bonds is 5. The van der Waals surface area contributed by atoms with E-state index in [1.165, 1.54) is 6.42 Å². The average Bonchev–Trinajstić information content (AvgIpc) is 2.81. The number of halogens is 3. The molecular formula is C24H21Cl3N2O3. The van der Waals surface area contributed by atoms with Crippen LogP contribution in [0.3, 0.4) is 0 Å². The molecule has 0 unspecified atom stereocenters. The van der Waals surface area contributed by atoms with E-state index < -0.39 is 5.97 Å². The molecule has 1 amide bonds. The fourth-order valence-electron chi connectivity index (χ4n) is 3.93. The van der Waals surface area contributed by atoms with Gasteiger partial charge in [0.1, 0.15) is 0 Å². The summed E-state index contributed by atoms with van der Waals surface area (Å²) in [5.74, 6) is -0.906. The highest BCUT2D eigenvalue weighted by atomic mass is 35.5. The molecule has 4 rings (SSSR count). The van der Waals surface area contributed by atoms with Crippen LogP contribution in [0.5, 0.6) is 0 Å². The number of nitrogens with one attached hydrogen (secondary N) is 1. The number of benzene rings is 2. The first-order chi connectivity index (χ1) is 15.4. The second-order valence-corrected chi connectivity index (χ2v) is 8.94. The zero-order valence-corrected chi connectivity index (χ0v) is 19.4. The normalized spacial score (nSPS) is 14.3. The summed E-state index contributed by atoms with van der Waals surface area (Å²) in [5.41, 5.74) is 1.87. The Bertz CT molecular complexity index is 1180. The third-order valence-electron chi connectivity index (χ3n) is 5.55. The zero-order valence-electron chi connectivity index (χ0n) is 17.2. The Morgan fingerprint density at radius 2 is 1.75 bits per heavy atom. The summed E-state index contributed by atoms with van der Waals surface area (Å²) >= 11 is 18.6. The van der Waals surface area contributed by atoms with E-state index in [2.05, 4.69) is 10.3 Å². The van der Waals surface area contributed by atoms with Crippen molar-refractivity contribution in [3.8, 4) is 11.3 Å². The monoisotopic (exact) mass is 490 g/mol. The molecule has 2 aromatic carbocycles. The van der Waals surface area contributed by atoms with Crippen LogP contribution in [0.4, 0.5) is 0 Å². The molecule has 1 heterocycles. The van der Waals surface area contributed by atoms with Crippen molar-refractivity contribution < 1.29 is 14.3 Å². The van der Waals surface area contributed by atoms with Gasteiger partial charge in [0.25, 0.3) is 5.91 Å². The number of para-hydroxylation sites is 1. The largest absolute Gasteiger partial charge is 0.452 e. The van der Waals surface area contributed by atoms with E-state index in [1.807, 2.05) is 12.1 Å². The van der Waals surface area contributed by atoms with Crippen LogP contribution in [-0.2, 0) is 9.53 Å². The number of ether oxygens (including phenoxy) is 1. The maximum atomic E-state index is 12.9. The smallest absolute Gasteiger partial charge is 0.339 e. The highest BCUT2D eigenvalue weighted by molar-refractivity contribution is 6.49. The summed E-state index contributed by atoms with van der Waals surface area (Å²) in [7, 11) is 0. The highest BCUT2D eigenvalue weighted by Gasteiger charge is 2.20. The Kier molecular flexibility index (Phi) is 7.19. The van der Waals surface area contributed by atoms with Gasteiger partial charge in [0, 0.05) is 17.0 Å². The number of esters is 1. The van der Waals surface area contributed by atoms with Crippen LogP contribution in [0.25, 0.3) is 22.2 Å². The van der Waals surface area contributed by atoms with Crippen LogP contribution in [-0.4, -0.2) is 29.5 Å². The van der Waals surface area contributed by atoms with Gasteiger partial charge < -0.3 is 10.1 Å². The number of amides is 1. The lowest BCUT2D eigenvalue weighted by Crippen LogP contribution is -2.38. The minimum atomic E-state index is -0.611. The number of fused-ring (bicyclic) bond motifs is 1. The van der Waals surface area contributed by atoms with E-state index in [-0.39, 0.29) is 28.6 Å². The predicted molar refractivity (Wildman–Crippen MR) is 128 cm³/mol. The van der Waals surface area contributed by atoms with Gasteiger partial charge in [0.2, 0.25) is 0 Å². The van der Waals surface area contributed by atoms with Gasteiger partial charge in [-0.15, -0.1) is 0 Å². The van der Waals surface area contributed by atoms with Crippen molar-refractivity contribution in [1.82, 2.24) is 10.3 Å². The zero-order chi connectivity index (χ0) is 22.7. The van der Waals surface area contributed by atoms with Crippen molar-refractivity contribution >= 4 is 57.6 Å². The minimum Gasteiger partial charge on any atom is -0.452 e. The minimum absolute atomic E-state index is 0.153. The topological polar surface area (TPSA) is 68.3 Å². The van der Waals surface area contributed by atoms with Gasteiger partial charge in [0.15, 0.2) is 6.61 Å². The molecule has 0 aliphatic heterocycles. The standard InChI is InChI=1S/C24H21Cl3N2O3/c25-18-11-10-16(22(26)23(18)27)20-12-17(15-8-4-5-9-19(15)29-20)24(31)32-13-21(30)28-14-6-2-1-3-7-14/h4-5,8-12,14H,1-3,6-7,13H2,(H,28,30). The number of aromatic nitrogens is 1. The van der Waals surface area contributed by atoms with Crippen LogP contribution >= 0.6 is 34.8 Å². The van der Waals surface area contributed by atoms with E-state index in [1.54, 1.807) is 30.3 Å². The van der Waals surface area contributed by atoms with Crippen molar-refractivity contribution in [2.75, 3.05) is 6.61 Å². The summed E-state index contributed by atoms with van der Waals surface area (Å²) in [5, 5.41) is 4.34. The summed E-state index contributed by atoms with van der Waals surface area (Å²) in [6, 6.07) is 12.3. The number of carbonyl (C=O) groups is 2. The lowest BCUT2D eigenvalue weighted by Gasteiger charge is -2.22. The molecule has 1 aliphatic carbocycles. The van der Waals surface area contributed by atoms with Gasteiger partial charge in [-0.25, -0.2) is 9.78 Å². The second-order valence-electron chi connectivity index (χ2n) is 7.77. The fourth-order valence-corrected chi connectivity index (χ4v) is 4.56. The first-order valence-corrected chi connectivity index (χ1v) is 11.6. The molecule has 0 radical (unpaired) electrons. The quantitative estimate of drug-likeness (QED) is 0.328. The first kappa shape index (κ1) is 22.8. The van der Waals surface area contributed by atoms with Gasteiger partial charge in [-0.1, -0.05) is 72.3 Å². The highest BCUT2D eigenvalue weighted by Crippen LogP contribution is 2.38. The molecule has 1 saturated carbocycles. The van der Waals surface area contributed by atoms with E-state index in [0.29, 0.717) is 32.7 Å². The maximum absolute atomic E-state index is 12.9. The molecule has 0 spiro atoms. The van der Waals surface area contributed by atoms with Crippen LogP contribution in [0.2, 0.25) is 15.1 Å². The van der Waals surface area contributed by atoms with Crippen molar-refractivity contribution in [3.63, 3.8) is 0 Å². The van der Waals surface area contributed by atoms with Crippen molar-refractivity contribution in [2.24, 2.45) is 0 Å². The van der Waals surface area contributed by atoms with E-state index in [0.717, 1.165) is 25.7 Å². The van der Waals surface area contributed by atoms with Gasteiger partial charge in [-0.3, -0.25) is 4.79 Å². The molecule has 1 aromatic heterocycles. The maximum Gasteiger partial charge on any atom is 0.339 e. The van der Waals surface area contributed by atoms with E-state index in [4.69, 9.17) is 39.5 Å². The van der Waals surface area contributed by atoms with Gasteiger partial charge in [-0.05, 0) is 37.1 Å². The molecule has 0 atom stereocenters. The molecule has 1 fully saturated rings. The third-order valence-corrected chi connectivity index (χ3v) is 6.85.